The summed E-state index contributed by atoms with van der Waals surface area (Å²) < 4.78 is 43.4. The molecule has 0 aromatic heterocycles. The van der Waals surface area contributed by atoms with Crippen molar-refractivity contribution in [2.45, 2.75) is 51.4 Å². The molecule has 0 radical (unpaired) electrons. The molecule has 1 aliphatic heterocycles. The molecule has 2 amide bonds. The van der Waals surface area contributed by atoms with Crippen molar-refractivity contribution in [2.75, 3.05) is 17.7 Å². The number of anilines is 1. The lowest BCUT2D eigenvalue weighted by molar-refractivity contribution is -0.137. The Morgan fingerprint density at radius 3 is 2.34 bits per heavy atom. The lowest BCUT2D eigenvalue weighted by Crippen LogP contribution is -2.45. The molecular weight excluding hydrogens is 407 g/mol. The molecule has 2 rings (SSSR count). The maximum absolute atomic E-state index is 12.8. The number of amidine groups is 1. The van der Waals surface area contributed by atoms with E-state index in [0.717, 1.165) is 30.3 Å². The fraction of sp³-hybridized carbons (Fsp3) is 0.526. The van der Waals surface area contributed by atoms with E-state index in [1.54, 1.807) is 31.9 Å². The molecular formula is C19H24F3N3O3S. The molecule has 1 atom stereocenters. The summed E-state index contributed by atoms with van der Waals surface area (Å²) in [4.78, 5) is 30.1. The molecule has 0 spiro atoms. The number of hydrogen-bond donors (Lipinski definition) is 1. The molecule has 10 heteroatoms. The average molecular weight is 431 g/mol. The number of amides is 2. The van der Waals surface area contributed by atoms with Gasteiger partial charge in [0.05, 0.1) is 5.56 Å². The first-order chi connectivity index (χ1) is 13.4. The van der Waals surface area contributed by atoms with E-state index in [-0.39, 0.29) is 11.1 Å². The fourth-order valence-electron chi connectivity index (χ4n) is 2.87. The smallest absolute Gasteiger partial charge is 0.436 e. The normalized spacial score (nSPS) is 18.0. The molecule has 1 aliphatic rings. The Morgan fingerprint density at radius 1 is 1.21 bits per heavy atom. The Balaban J connectivity index is 2.10. The van der Waals surface area contributed by atoms with Gasteiger partial charge in [-0.15, -0.1) is 0 Å². The molecule has 1 heterocycles. The van der Waals surface area contributed by atoms with Gasteiger partial charge in [-0.1, -0.05) is 11.8 Å². The van der Waals surface area contributed by atoms with E-state index in [0.29, 0.717) is 18.7 Å². The van der Waals surface area contributed by atoms with Gasteiger partial charge in [-0.05, 0) is 64.1 Å². The second-order valence-electron chi connectivity index (χ2n) is 7.49. The van der Waals surface area contributed by atoms with Gasteiger partial charge in [0, 0.05) is 12.2 Å². The van der Waals surface area contributed by atoms with Crippen molar-refractivity contribution in [2.24, 2.45) is 4.99 Å². The SMILES string of the molecule is CSC(=NC(=O)OC(C)(C)C)NC(=O)C1CCCN1c1ccc(C(F)(F)F)cc1. The van der Waals surface area contributed by atoms with Crippen molar-refractivity contribution in [3.05, 3.63) is 29.8 Å². The van der Waals surface area contributed by atoms with Gasteiger partial charge in [0.2, 0.25) is 5.91 Å². The molecule has 1 N–H and O–H groups in total. The molecule has 0 aliphatic carbocycles. The van der Waals surface area contributed by atoms with Crippen LogP contribution in [-0.2, 0) is 15.7 Å². The van der Waals surface area contributed by atoms with Crippen LogP contribution in [-0.4, -0.2) is 41.6 Å². The van der Waals surface area contributed by atoms with Crippen molar-refractivity contribution in [1.29, 1.82) is 0 Å². The first kappa shape index (κ1) is 23.1. The van der Waals surface area contributed by atoms with Crippen LogP contribution < -0.4 is 10.2 Å². The minimum absolute atomic E-state index is 0.100. The number of thioether (sulfide) groups is 1. The number of nitrogens with zero attached hydrogens (tertiary/aromatic N) is 2. The molecule has 1 saturated heterocycles. The van der Waals surface area contributed by atoms with Crippen LogP contribution in [0.2, 0.25) is 0 Å². The molecule has 1 fully saturated rings. The van der Waals surface area contributed by atoms with E-state index in [9.17, 15) is 22.8 Å². The zero-order chi connectivity index (χ0) is 21.8. The number of carbonyl (C=O) groups excluding carboxylic acids is 2. The molecule has 1 unspecified atom stereocenters. The summed E-state index contributed by atoms with van der Waals surface area (Å²) in [6.45, 7) is 5.66. The predicted octanol–water partition coefficient (Wildman–Crippen LogP) is 4.44. The van der Waals surface area contributed by atoms with Gasteiger partial charge >= 0.3 is 12.3 Å². The van der Waals surface area contributed by atoms with Gasteiger partial charge in [-0.25, -0.2) is 4.79 Å². The molecule has 0 saturated carbocycles. The molecule has 1 aromatic rings. The number of benzene rings is 1. The van der Waals surface area contributed by atoms with Crippen molar-refractivity contribution >= 4 is 34.6 Å². The number of alkyl halides is 3. The zero-order valence-corrected chi connectivity index (χ0v) is 17.5. The highest BCUT2D eigenvalue weighted by atomic mass is 32.2. The molecule has 6 nitrogen and oxygen atoms in total. The average Bonchev–Trinajstić information content (AvgIpc) is 3.08. The van der Waals surface area contributed by atoms with E-state index >= 15 is 0 Å². The van der Waals surface area contributed by atoms with Crippen LogP contribution in [0.25, 0.3) is 0 Å². The third-order valence-corrected chi connectivity index (χ3v) is 4.67. The highest BCUT2D eigenvalue weighted by Crippen LogP contribution is 2.32. The molecule has 160 valence electrons. The minimum Gasteiger partial charge on any atom is -0.442 e. The van der Waals surface area contributed by atoms with Gasteiger partial charge in [0.25, 0.3) is 0 Å². The number of hydrogen-bond acceptors (Lipinski definition) is 5. The third-order valence-electron chi connectivity index (χ3n) is 4.09. The quantitative estimate of drug-likeness (QED) is 0.554. The Hall–Kier alpha value is -2.23. The first-order valence-electron chi connectivity index (χ1n) is 9.01. The Bertz CT molecular complexity index is 774. The highest BCUT2D eigenvalue weighted by Gasteiger charge is 2.33. The summed E-state index contributed by atoms with van der Waals surface area (Å²) in [6, 6.07) is 4.15. The Morgan fingerprint density at radius 2 is 1.83 bits per heavy atom. The second kappa shape index (κ2) is 9.06. The Labute approximate surface area is 171 Å². The summed E-state index contributed by atoms with van der Waals surface area (Å²) >= 11 is 1.09. The van der Waals surface area contributed by atoms with Crippen LogP contribution in [0.1, 0.15) is 39.2 Å². The van der Waals surface area contributed by atoms with Crippen molar-refractivity contribution < 1.29 is 27.5 Å². The van der Waals surface area contributed by atoms with Crippen LogP contribution in [0, 0.1) is 0 Å². The summed E-state index contributed by atoms with van der Waals surface area (Å²) in [5.74, 6) is -0.376. The number of ether oxygens (including phenoxy) is 1. The van der Waals surface area contributed by atoms with Gasteiger partial charge in [0.1, 0.15) is 11.6 Å². The number of aliphatic imine (C=N–C) groups is 1. The molecule has 0 bridgehead atoms. The van der Waals surface area contributed by atoms with E-state index in [1.165, 1.54) is 12.1 Å². The third kappa shape index (κ3) is 6.66. The summed E-state index contributed by atoms with van der Waals surface area (Å²) in [5, 5.41) is 2.71. The van der Waals surface area contributed by atoms with Crippen molar-refractivity contribution in [1.82, 2.24) is 5.32 Å². The molecule has 1 aromatic carbocycles. The van der Waals surface area contributed by atoms with Crippen LogP contribution in [0.3, 0.4) is 0 Å². The fourth-order valence-corrected chi connectivity index (χ4v) is 3.24. The van der Waals surface area contributed by atoms with Crippen LogP contribution in [0.4, 0.5) is 23.7 Å². The lowest BCUT2D eigenvalue weighted by Gasteiger charge is -2.26. The minimum atomic E-state index is -4.41. The van der Waals surface area contributed by atoms with E-state index < -0.39 is 29.5 Å². The second-order valence-corrected chi connectivity index (χ2v) is 8.28. The predicted molar refractivity (Wildman–Crippen MR) is 107 cm³/mol. The van der Waals surface area contributed by atoms with Crippen molar-refractivity contribution in [3.63, 3.8) is 0 Å². The number of rotatable bonds is 2. The highest BCUT2D eigenvalue weighted by molar-refractivity contribution is 8.13. The van der Waals surface area contributed by atoms with Gasteiger partial charge in [-0.3, -0.25) is 4.79 Å². The van der Waals surface area contributed by atoms with Crippen LogP contribution >= 0.6 is 11.8 Å². The van der Waals surface area contributed by atoms with Gasteiger partial charge < -0.3 is 15.0 Å². The topological polar surface area (TPSA) is 71.0 Å². The summed E-state index contributed by atoms with van der Waals surface area (Å²) in [5.41, 5.74) is -0.917. The van der Waals surface area contributed by atoms with E-state index in [2.05, 4.69) is 10.3 Å². The largest absolute Gasteiger partial charge is 0.442 e. The van der Waals surface area contributed by atoms with Crippen LogP contribution in [0.5, 0.6) is 0 Å². The zero-order valence-electron chi connectivity index (χ0n) is 16.7. The van der Waals surface area contributed by atoms with Gasteiger partial charge in [-0.2, -0.15) is 18.2 Å². The maximum Gasteiger partial charge on any atom is 0.436 e. The standard InChI is InChI=1S/C19H24F3N3O3S/c1-18(2,3)28-17(27)24-16(29-4)23-15(26)14-6-5-11-25(14)13-9-7-12(8-10-13)19(20,21)22/h7-10,14H,5-6,11H2,1-4H3,(H,23,24,26,27). The van der Waals surface area contributed by atoms with Crippen LogP contribution in [0.15, 0.2) is 29.3 Å². The van der Waals surface area contributed by atoms with Gasteiger partial charge in [0.15, 0.2) is 5.17 Å². The number of carbonyl (C=O) groups is 2. The monoisotopic (exact) mass is 431 g/mol. The van der Waals surface area contributed by atoms with E-state index in [1.807, 2.05) is 0 Å². The van der Waals surface area contributed by atoms with E-state index in [4.69, 9.17) is 4.74 Å². The Kier molecular flexibility index (Phi) is 7.20. The number of nitrogens with one attached hydrogen (secondary N) is 1. The lowest BCUT2D eigenvalue weighted by atomic mass is 10.1. The first-order valence-corrected chi connectivity index (χ1v) is 10.2. The molecule has 29 heavy (non-hydrogen) atoms. The summed E-state index contributed by atoms with van der Waals surface area (Å²) in [6.07, 6.45) is -2.30. The number of halogens is 3. The maximum atomic E-state index is 12.8. The summed E-state index contributed by atoms with van der Waals surface area (Å²) in [7, 11) is 0. The van der Waals surface area contributed by atoms with Crippen molar-refractivity contribution in [3.8, 4) is 0 Å².